The largest absolute Gasteiger partial charge is 0.405 e. The summed E-state index contributed by atoms with van der Waals surface area (Å²) >= 11 is 0. The number of nitrogens with one attached hydrogen (secondary N) is 2. The zero-order valence-electron chi connectivity index (χ0n) is 12.6. The molecule has 4 nitrogen and oxygen atoms in total. The van der Waals surface area contributed by atoms with Crippen molar-refractivity contribution >= 4 is 11.8 Å². The summed E-state index contributed by atoms with van der Waals surface area (Å²) in [6.07, 6.45) is -4.49. The van der Waals surface area contributed by atoms with Crippen LogP contribution in [0, 0.1) is 12.8 Å². The molecule has 22 heavy (non-hydrogen) atoms. The molecule has 122 valence electrons. The first-order chi connectivity index (χ1) is 10.1. The third kappa shape index (κ3) is 5.75. The van der Waals surface area contributed by atoms with Crippen LogP contribution in [0.3, 0.4) is 0 Å². The quantitative estimate of drug-likeness (QED) is 0.876. The molecule has 2 N–H and O–H groups in total. The topological polar surface area (TPSA) is 58.2 Å². The van der Waals surface area contributed by atoms with Crippen LogP contribution in [0.15, 0.2) is 24.3 Å². The molecular formula is C15H19F3N2O2. The predicted molar refractivity (Wildman–Crippen MR) is 76.3 cm³/mol. The van der Waals surface area contributed by atoms with Gasteiger partial charge in [-0.2, -0.15) is 13.2 Å². The Morgan fingerprint density at radius 2 is 1.68 bits per heavy atom. The van der Waals surface area contributed by atoms with Gasteiger partial charge in [0.05, 0.1) is 0 Å². The summed E-state index contributed by atoms with van der Waals surface area (Å²) in [6, 6.07) is 5.63. The second-order valence-electron chi connectivity index (χ2n) is 5.39. The lowest BCUT2D eigenvalue weighted by molar-refractivity contribution is -0.140. The highest BCUT2D eigenvalue weighted by Crippen LogP contribution is 2.13. The van der Waals surface area contributed by atoms with Crippen LogP contribution in [-0.4, -0.2) is 30.6 Å². The lowest BCUT2D eigenvalue weighted by Gasteiger charge is -2.22. The minimum absolute atomic E-state index is 0.345. The van der Waals surface area contributed by atoms with E-state index in [1.807, 2.05) is 6.92 Å². The van der Waals surface area contributed by atoms with Crippen molar-refractivity contribution in [3.8, 4) is 0 Å². The van der Waals surface area contributed by atoms with Crippen molar-refractivity contribution in [2.75, 3.05) is 6.54 Å². The van der Waals surface area contributed by atoms with Crippen LogP contribution in [0.2, 0.25) is 0 Å². The molecule has 7 heteroatoms. The molecule has 0 aliphatic carbocycles. The molecule has 1 aromatic rings. The molecule has 0 aromatic heterocycles. The summed E-state index contributed by atoms with van der Waals surface area (Å²) in [5.41, 5.74) is 1.32. The standard InChI is InChI=1S/C15H19F3N2O2/c1-9(2)12(14(22)19-8-15(16,17)18)20-13(21)11-6-4-10(3)5-7-11/h4-7,9,12H,8H2,1-3H3,(H,19,22)(H,20,21)/t12-/m1/s1. The predicted octanol–water partition coefficient (Wildman–Crippen LogP) is 2.43. The van der Waals surface area contributed by atoms with E-state index in [1.165, 1.54) is 0 Å². The maximum atomic E-state index is 12.1. The first-order valence-electron chi connectivity index (χ1n) is 6.82. The van der Waals surface area contributed by atoms with Crippen molar-refractivity contribution in [1.82, 2.24) is 10.6 Å². The minimum Gasteiger partial charge on any atom is -0.345 e. The molecule has 0 unspecified atom stereocenters. The number of carbonyl (C=O) groups excluding carboxylic acids is 2. The van der Waals surface area contributed by atoms with Crippen molar-refractivity contribution in [1.29, 1.82) is 0 Å². The first-order valence-corrected chi connectivity index (χ1v) is 6.82. The van der Waals surface area contributed by atoms with Gasteiger partial charge in [0.2, 0.25) is 5.91 Å². The van der Waals surface area contributed by atoms with Gasteiger partial charge in [-0.25, -0.2) is 0 Å². The van der Waals surface area contributed by atoms with E-state index in [-0.39, 0.29) is 5.92 Å². The van der Waals surface area contributed by atoms with Crippen LogP contribution in [0.1, 0.15) is 29.8 Å². The average molecular weight is 316 g/mol. The Balaban J connectivity index is 2.73. The normalized spacial score (nSPS) is 12.9. The van der Waals surface area contributed by atoms with E-state index >= 15 is 0 Å². The highest BCUT2D eigenvalue weighted by atomic mass is 19.4. The lowest BCUT2D eigenvalue weighted by atomic mass is 10.0. The molecule has 2 amide bonds. The number of aryl methyl sites for hydroxylation is 1. The number of rotatable bonds is 5. The van der Waals surface area contributed by atoms with E-state index in [1.54, 1.807) is 43.4 Å². The summed E-state index contributed by atoms with van der Waals surface area (Å²) in [7, 11) is 0. The number of halogens is 3. The van der Waals surface area contributed by atoms with Gasteiger partial charge >= 0.3 is 6.18 Å². The molecule has 1 rings (SSSR count). The number of amides is 2. The Hall–Kier alpha value is -2.05. The van der Waals surface area contributed by atoms with Crippen LogP contribution in [0.5, 0.6) is 0 Å². The van der Waals surface area contributed by atoms with Crippen LogP contribution in [0.25, 0.3) is 0 Å². The molecule has 0 bridgehead atoms. The van der Waals surface area contributed by atoms with Crippen LogP contribution in [0.4, 0.5) is 13.2 Å². The first kappa shape index (κ1) is 18.0. The fourth-order valence-corrected chi connectivity index (χ4v) is 1.76. The van der Waals surface area contributed by atoms with Crippen LogP contribution >= 0.6 is 0 Å². The monoisotopic (exact) mass is 316 g/mol. The van der Waals surface area contributed by atoms with Gasteiger partial charge < -0.3 is 10.6 Å². The molecule has 0 aliphatic rings. The van der Waals surface area contributed by atoms with E-state index in [0.717, 1.165) is 5.56 Å². The Kier molecular flexibility index (Phi) is 5.96. The fraction of sp³-hybridized carbons (Fsp3) is 0.467. The summed E-state index contributed by atoms with van der Waals surface area (Å²) in [5, 5.41) is 4.26. The number of hydrogen-bond acceptors (Lipinski definition) is 2. The summed E-state index contributed by atoms with van der Waals surface area (Å²) in [6.45, 7) is 3.74. The average Bonchev–Trinajstić information content (AvgIpc) is 2.41. The van der Waals surface area contributed by atoms with E-state index in [2.05, 4.69) is 5.32 Å². The molecule has 0 saturated carbocycles. The molecule has 0 aliphatic heterocycles. The zero-order chi connectivity index (χ0) is 16.9. The van der Waals surface area contributed by atoms with Gasteiger partial charge in [0.15, 0.2) is 0 Å². The number of benzene rings is 1. The Morgan fingerprint density at radius 3 is 2.14 bits per heavy atom. The Bertz CT molecular complexity index is 525. The molecule has 1 aromatic carbocycles. The summed E-state index contributed by atoms with van der Waals surface area (Å²) < 4.78 is 36.4. The van der Waals surface area contributed by atoms with Crippen molar-refractivity contribution in [3.05, 3.63) is 35.4 Å². The van der Waals surface area contributed by atoms with Crippen LogP contribution in [-0.2, 0) is 4.79 Å². The maximum absolute atomic E-state index is 12.1. The smallest absolute Gasteiger partial charge is 0.345 e. The number of alkyl halides is 3. The van der Waals surface area contributed by atoms with Crippen molar-refractivity contribution in [3.63, 3.8) is 0 Å². The Morgan fingerprint density at radius 1 is 1.14 bits per heavy atom. The van der Waals surface area contributed by atoms with Gasteiger partial charge in [-0.1, -0.05) is 31.5 Å². The molecule has 0 spiro atoms. The summed E-state index contributed by atoms with van der Waals surface area (Å²) in [4.78, 5) is 23.9. The minimum atomic E-state index is -4.49. The van der Waals surface area contributed by atoms with Crippen molar-refractivity contribution in [2.45, 2.75) is 33.0 Å². The molecule has 0 radical (unpaired) electrons. The highest BCUT2D eigenvalue weighted by molar-refractivity contribution is 5.97. The van der Waals surface area contributed by atoms with Gasteiger partial charge in [0.25, 0.3) is 5.91 Å². The molecule has 0 heterocycles. The lowest BCUT2D eigenvalue weighted by Crippen LogP contribution is -2.51. The SMILES string of the molecule is Cc1ccc(C(=O)N[C@@H](C(=O)NCC(F)(F)F)C(C)C)cc1. The highest BCUT2D eigenvalue weighted by Gasteiger charge is 2.31. The van der Waals surface area contributed by atoms with Gasteiger partial charge in [-0.15, -0.1) is 0 Å². The van der Waals surface area contributed by atoms with Crippen molar-refractivity contribution in [2.24, 2.45) is 5.92 Å². The third-order valence-electron chi connectivity index (χ3n) is 3.01. The molecule has 0 saturated heterocycles. The van der Waals surface area contributed by atoms with E-state index in [4.69, 9.17) is 0 Å². The van der Waals surface area contributed by atoms with Crippen molar-refractivity contribution < 1.29 is 22.8 Å². The fourth-order valence-electron chi connectivity index (χ4n) is 1.76. The second-order valence-corrected chi connectivity index (χ2v) is 5.39. The third-order valence-corrected chi connectivity index (χ3v) is 3.01. The van der Waals surface area contributed by atoms with Gasteiger partial charge in [-0.3, -0.25) is 9.59 Å². The van der Waals surface area contributed by atoms with E-state index < -0.39 is 30.6 Å². The van der Waals surface area contributed by atoms with E-state index in [0.29, 0.717) is 5.56 Å². The maximum Gasteiger partial charge on any atom is 0.405 e. The second kappa shape index (κ2) is 7.29. The van der Waals surface area contributed by atoms with Gasteiger partial charge in [0.1, 0.15) is 12.6 Å². The summed E-state index contributed by atoms with van der Waals surface area (Å²) in [5.74, 6) is -1.70. The Labute approximate surface area is 127 Å². The van der Waals surface area contributed by atoms with Gasteiger partial charge in [-0.05, 0) is 25.0 Å². The van der Waals surface area contributed by atoms with E-state index in [9.17, 15) is 22.8 Å². The molecule has 0 fully saturated rings. The number of carbonyl (C=O) groups is 2. The molecule has 1 atom stereocenters. The van der Waals surface area contributed by atoms with Crippen LogP contribution < -0.4 is 10.6 Å². The number of hydrogen-bond donors (Lipinski definition) is 2. The molecular weight excluding hydrogens is 297 g/mol. The zero-order valence-corrected chi connectivity index (χ0v) is 12.6. The van der Waals surface area contributed by atoms with Gasteiger partial charge in [0, 0.05) is 5.56 Å².